The second-order valence-corrected chi connectivity index (χ2v) is 3.21. The SMILES string of the molecule is OCC1COc2cccc(Cl)c2O1. The lowest BCUT2D eigenvalue weighted by Gasteiger charge is -2.25. The van der Waals surface area contributed by atoms with Gasteiger partial charge in [-0.15, -0.1) is 0 Å². The van der Waals surface area contributed by atoms with Gasteiger partial charge in [0.2, 0.25) is 0 Å². The van der Waals surface area contributed by atoms with Crippen molar-refractivity contribution in [2.45, 2.75) is 6.10 Å². The van der Waals surface area contributed by atoms with E-state index >= 15 is 0 Å². The lowest BCUT2D eigenvalue weighted by Crippen LogP contribution is -2.32. The van der Waals surface area contributed by atoms with E-state index in [0.717, 1.165) is 0 Å². The number of halogens is 1. The zero-order valence-corrected chi connectivity index (χ0v) is 7.62. The lowest BCUT2D eigenvalue weighted by atomic mass is 10.2. The first-order chi connectivity index (χ1) is 6.31. The van der Waals surface area contributed by atoms with Crippen LogP contribution in [0.25, 0.3) is 0 Å². The van der Waals surface area contributed by atoms with Crippen molar-refractivity contribution in [1.29, 1.82) is 0 Å². The molecule has 0 amide bonds. The van der Waals surface area contributed by atoms with E-state index in [4.69, 9.17) is 26.2 Å². The molecule has 0 spiro atoms. The van der Waals surface area contributed by atoms with Crippen LogP contribution in [0.1, 0.15) is 0 Å². The van der Waals surface area contributed by atoms with E-state index in [2.05, 4.69) is 0 Å². The summed E-state index contributed by atoms with van der Waals surface area (Å²) in [5.74, 6) is 1.16. The summed E-state index contributed by atoms with van der Waals surface area (Å²) in [6.45, 7) is 0.300. The molecule has 0 aliphatic carbocycles. The first-order valence-electron chi connectivity index (χ1n) is 4.00. The Morgan fingerprint density at radius 1 is 1.54 bits per heavy atom. The number of rotatable bonds is 1. The van der Waals surface area contributed by atoms with Gasteiger partial charge in [-0.05, 0) is 12.1 Å². The van der Waals surface area contributed by atoms with Crippen LogP contribution in [0.3, 0.4) is 0 Å². The van der Waals surface area contributed by atoms with Gasteiger partial charge < -0.3 is 14.6 Å². The minimum Gasteiger partial charge on any atom is -0.486 e. The highest BCUT2D eigenvalue weighted by molar-refractivity contribution is 6.32. The zero-order valence-electron chi connectivity index (χ0n) is 6.87. The van der Waals surface area contributed by atoms with Gasteiger partial charge in [0.25, 0.3) is 0 Å². The van der Waals surface area contributed by atoms with Gasteiger partial charge in [0.15, 0.2) is 17.6 Å². The molecule has 0 bridgehead atoms. The molecule has 1 aromatic carbocycles. The highest BCUT2D eigenvalue weighted by Crippen LogP contribution is 2.37. The van der Waals surface area contributed by atoms with E-state index in [1.54, 1.807) is 18.2 Å². The third kappa shape index (κ3) is 1.57. The third-order valence-corrected chi connectivity index (χ3v) is 2.14. The molecule has 1 aliphatic rings. The lowest BCUT2D eigenvalue weighted by molar-refractivity contribution is 0.0457. The second-order valence-electron chi connectivity index (χ2n) is 2.80. The Hall–Kier alpha value is -0.930. The van der Waals surface area contributed by atoms with Gasteiger partial charge in [0.1, 0.15) is 6.61 Å². The molecule has 0 saturated heterocycles. The maximum absolute atomic E-state index is 8.86. The fraction of sp³-hybridized carbons (Fsp3) is 0.333. The van der Waals surface area contributed by atoms with E-state index < -0.39 is 0 Å². The van der Waals surface area contributed by atoms with Gasteiger partial charge in [0.05, 0.1) is 11.6 Å². The Labute approximate surface area is 80.8 Å². The quantitative estimate of drug-likeness (QED) is 0.746. The van der Waals surface area contributed by atoms with Crippen LogP contribution in [0.5, 0.6) is 11.5 Å². The molecule has 13 heavy (non-hydrogen) atoms. The van der Waals surface area contributed by atoms with Crippen LogP contribution in [0, 0.1) is 0 Å². The average molecular weight is 201 g/mol. The fourth-order valence-corrected chi connectivity index (χ4v) is 1.40. The molecule has 0 fully saturated rings. The molecule has 0 radical (unpaired) electrons. The first-order valence-corrected chi connectivity index (χ1v) is 4.38. The number of hydrogen-bond donors (Lipinski definition) is 1. The number of benzene rings is 1. The topological polar surface area (TPSA) is 38.7 Å². The van der Waals surface area contributed by atoms with E-state index in [-0.39, 0.29) is 12.7 Å². The maximum Gasteiger partial charge on any atom is 0.180 e. The predicted molar refractivity (Wildman–Crippen MR) is 48.4 cm³/mol. The third-order valence-electron chi connectivity index (χ3n) is 1.84. The molecule has 1 unspecified atom stereocenters. The number of ether oxygens (including phenoxy) is 2. The van der Waals surface area contributed by atoms with Gasteiger partial charge in [-0.1, -0.05) is 17.7 Å². The zero-order chi connectivity index (χ0) is 9.26. The van der Waals surface area contributed by atoms with E-state index in [1.807, 2.05) is 0 Å². The van der Waals surface area contributed by atoms with Crippen LogP contribution < -0.4 is 9.47 Å². The van der Waals surface area contributed by atoms with E-state index in [9.17, 15) is 0 Å². The highest BCUT2D eigenvalue weighted by Gasteiger charge is 2.21. The summed E-state index contributed by atoms with van der Waals surface area (Å²) in [5, 5.41) is 9.37. The molecule has 2 rings (SSSR count). The van der Waals surface area contributed by atoms with Gasteiger partial charge in [0, 0.05) is 0 Å². The largest absolute Gasteiger partial charge is 0.486 e. The summed E-state index contributed by atoms with van der Waals surface area (Å²) < 4.78 is 10.7. The van der Waals surface area contributed by atoms with Crippen molar-refractivity contribution in [3.63, 3.8) is 0 Å². The minimum absolute atomic E-state index is 0.0648. The molecule has 70 valence electrons. The van der Waals surface area contributed by atoms with Gasteiger partial charge >= 0.3 is 0 Å². The molecule has 0 saturated carbocycles. The Kier molecular flexibility index (Phi) is 2.29. The van der Waals surface area contributed by atoms with Gasteiger partial charge in [-0.3, -0.25) is 0 Å². The fourth-order valence-electron chi connectivity index (χ4n) is 1.19. The average Bonchev–Trinajstić information content (AvgIpc) is 2.18. The monoisotopic (exact) mass is 200 g/mol. The Morgan fingerprint density at radius 2 is 2.38 bits per heavy atom. The molecule has 1 aromatic rings. The molecule has 1 heterocycles. The number of hydrogen-bond acceptors (Lipinski definition) is 3. The van der Waals surface area contributed by atoms with Crippen molar-refractivity contribution < 1.29 is 14.6 Å². The van der Waals surface area contributed by atoms with Crippen molar-refractivity contribution in [3.8, 4) is 11.5 Å². The summed E-state index contributed by atoms with van der Waals surface area (Å²) in [6.07, 6.45) is -0.313. The summed E-state index contributed by atoms with van der Waals surface area (Å²) >= 11 is 5.88. The highest BCUT2D eigenvalue weighted by atomic mass is 35.5. The minimum atomic E-state index is -0.313. The Morgan fingerprint density at radius 3 is 3.15 bits per heavy atom. The molecule has 1 atom stereocenters. The Balaban J connectivity index is 2.32. The molecule has 0 aromatic heterocycles. The summed E-state index contributed by atoms with van der Waals surface area (Å²) in [4.78, 5) is 0. The normalized spacial score (nSPS) is 20.0. The van der Waals surface area contributed by atoms with Crippen molar-refractivity contribution >= 4 is 11.6 Å². The summed E-state index contributed by atoms with van der Waals surface area (Å²) in [5.41, 5.74) is 0. The standard InChI is InChI=1S/C9H9ClO3/c10-7-2-1-3-8-9(7)13-6(4-11)5-12-8/h1-3,6,11H,4-5H2. The molecule has 1 N–H and O–H groups in total. The van der Waals surface area contributed by atoms with Crippen molar-refractivity contribution in [3.05, 3.63) is 23.2 Å². The van der Waals surface area contributed by atoms with Crippen LogP contribution in [0.4, 0.5) is 0 Å². The van der Waals surface area contributed by atoms with Crippen LogP contribution in [-0.4, -0.2) is 24.4 Å². The summed E-state index contributed by atoms with van der Waals surface area (Å²) in [6, 6.07) is 5.31. The molecule has 1 aliphatic heterocycles. The molecule has 3 nitrogen and oxygen atoms in total. The van der Waals surface area contributed by atoms with Crippen molar-refractivity contribution in [2.75, 3.05) is 13.2 Å². The van der Waals surface area contributed by atoms with Gasteiger partial charge in [-0.2, -0.15) is 0 Å². The molecular formula is C9H9ClO3. The smallest absolute Gasteiger partial charge is 0.180 e. The van der Waals surface area contributed by atoms with Crippen molar-refractivity contribution in [1.82, 2.24) is 0 Å². The number of para-hydroxylation sites is 1. The van der Waals surface area contributed by atoms with Gasteiger partial charge in [-0.25, -0.2) is 0 Å². The van der Waals surface area contributed by atoms with Crippen LogP contribution in [-0.2, 0) is 0 Å². The molecule has 4 heteroatoms. The number of aliphatic hydroxyl groups is 1. The maximum atomic E-state index is 8.86. The number of aliphatic hydroxyl groups excluding tert-OH is 1. The molecular weight excluding hydrogens is 192 g/mol. The van der Waals surface area contributed by atoms with Crippen LogP contribution >= 0.6 is 11.6 Å². The van der Waals surface area contributed by atoms with E-state index in [1.165, 1.54) is 0 Å². The van der Waals surface area contributed by atoms with Crippen molar-refractivity contribution in [2.24, 2.45) is 0 Å². The predicted octanol–water partition coefficient (Wildman–Crippen LogP) is 1.47. The first kappa shape index (κ1) is 8.66. The second kappa shape index (κ2) is 3.44. The van der Waals surface area contributed by atoms with Crippen LogP contribution in [0.15, 0.2) is 18.2 Å². The number of fused-ring (bicyclic) bond motifs is 1. The van der Waals surface area contributed by atoms with E-state index in [0.29, 0.717) is 23.1 Å². The van der Waals surface area contributed by atoms with Crippen LogP contribution in [0.2, 0.25) is 5.02 Å². The summed E-state index contributed by atoms with van der Waals surface area (Å²) in [7, 11) is 0. The Bertz CT molecular complexity index is 314.